The number of aromatic carboxylic acids is 1. The molecule has 1 aliphatic rings. The van der Waals surface area contributed by atoms with Crippen LogP contribution >= 0.6 is 0 Å². The Bertz CT molecular complexity index is 1140. The Kier molecular flexibility index (Phi) is 5.82. The predicted octanol–water partition coefficient (Wildman–Crippen LogP) is 2.02. The van der Waals surface area contributed by atoms with Gasteiger partial charge in [-0.05, 0) is 56.2 Å². The molecule has 0 heterocycles. The Balaban J connectivity index is 1.89. The number of sulfonamides is 2. The molecule has 0 radical (unpaired) electrons. The van der Waals surface area contributed by atoms with Crippen LogP contribution in [0.25, 0.3) is 0 Å². The van der Waals surface area contributed by atoms with Crippen LogP contribution in [0, 0.1) is 0 Å². The Morgan fingerprint density at radius 3 is 2.38 bits per heavy atom. The van der Waals surface area contributed by atoms with Crippen molar-refractivity contribution < 1.29 is 31.5 Å². The quantitative estimate of drug-likeness (QED) is 0.542. The second-order valence-electron chi connectivity index (χ2n) is 6.43. The lowest BCUT2D eigenvalue weighted by Gasteiger charge is -2.12. The van der Waals surface area contributed by atoms with E-state index in [-0.39, 0.29) is 39.4 Å². The summed E-state index contributed by atoms with van der Waals surface area (Å²) in [5.74, 6) is -1.28. The third-order valence-corrected chi connectivity index (χ3v) is 6.98. The first-order valence-electron chi connectivity index (χ1n) is 8.78. The lowest BCUT2D eigenvalue weighted by atomic mass is 10.2. The summed E-state index contributed by atoms with van der Waals surface area (Å²) >= 11 is 0. The number of carboxylic acids is 1. The molecule has 9 nitrogen and oxygen atoms in total. The van der Waals surface area contributed by atoms with Crippen LogP contribution in [-0.4, -0.2) is 40.6 Å². The van der Waals surface area contributed by atoms with Crippen molar-refractivity contribution in [2.45, 2.75) is 35.6 Å². The number of carbonyl (C=O) groups is 1. The summed E-state index contributed by atoms with van der Waals surface area (Å²) in [4.78, 5) is 11.1. The summed E-state index contributed by atoms with van der Waals surface area (Å²) in [6.07, 6.45) is 1.55. The molecule has 3 rings (SSSR count). The molecule has 3 N–H and O–H groups in total. The van der Waals surface area contributed by atoms with Crippen LogP contribution in [-0.2, 0) is 20.0 Å². The maximum atomic E-state index is 12.7. The largest absolute Gasteiger partial charge is 0.493 e. The number of hydrogen-bond donors (Lipinski definition) is 3. The topological polar surface area (TPSA) is 139 Å². The fraction of sp³-hybridized carbons (Fsp3) is 0.278. The summed E-state index contributed by atoms with van der Waals surface area (Å²) in [7, 11) is -7.91. The second-order valence-corrected chi connectivity index (χ2v) is 9.82. The van der Waals surface area contributed by atoms with Crippen LogP contribution in [0.15, 0.2) is 52.3 Å². The van der Waals surface area contributed by atoms with E-state index >= 15 is 0 Å². The van der Waals surface area contributed by atoms with Crippen LogP contribution in [0.3, 0.4) is 0 Å². The molecular formula is C18H20N2O7S2. The molecule has 0 saturated heterocycles. The number of nitrogens with one attached hydrogen (secondary N) is 2. The zero-order valence-electron chi connectivity index (χ0n) is 15.5. The second kappa shape index (κ2) is 8.01. The Hall–Kier alpha value is -2.63. The van der Waals surface area contributed by atoms with Gasteiger partial charge in [-0.15, -0.1) is 0 Å². The van der Waals surface area contributed by atoms with Crippen LogP contribution in [0.4, 0.5) is 5.69 Å². The molecule has 0 spiro atoms. The zero-order chi connectivity index (χ0) is 21.2. The van der Waals surface area contributed by atoms with E-state index in [9.17, 15) is 26.7 Å². The molecule has 1 aliphatic carbocycles. The fourth-order valence-electron chi connectivity index (χ4n) is 2.55. The monoisotopic (exact) mass is 440 g/mol. The SMILES string of the molecule is CCOc1ccc(S(=O)(=O)Nc2cccc(S(=O)(=O)NC3CC3)c2)cc1C(=O)O. The summed E-state index contributed by atoms with van der Waals surface area (Å²) in [6.45, 7) is 1.90. The van der Waals surface area contributed by atoms with E-state index in [1.54, 1.807) is 6.92 Å². The third kappa shape index (κ3) is 5.05. The van der Waals surface area contributed by atoms with Crippen molar-refractivity contribution in [1.29, 1.82) is 0 Å². The Morgan fingerprint density at radius 2 is 1.76 bits per heavy atom. The van der Waals surface area contributed by atoms with Crippen LogP contribution in [0.5, 0.6) is 5.75 Å². The number of ether oxygens (including phenoxy) is 1. The van der Waals surface area contributed by atoms with Gasteiger partial charge >= 0.3 is 5.97 Å². The highest BCUT2D eigenvalue weighted by Crippen LogP contribution is 2.26. The summed E-state index contributed by atoms with van der Waals surface area (Å²) in [5.41, 5.74) is -0.255. The molecule has 0 atom stereocenters. The minimum atomic E-state index is -4.16. The van der Waals surface area contributed by atoms with Crippen molar-refractivity contribution in [3.8, 4) is 5.75 Å². The van der Waals surface area contributed by atoms with Gasteiger partial charge in [-0.1, -0.05) is 6.07 Å². The van der Waals surface area contributed by atoms with Crippen molar-refractivity contribution in [3.05, 3.63) is 48.0 Å². The van der Waals surface area contributed by atoms with E-state index in [1.807, 2.05) is 0 Å². The van der Waals surface area contributed by atoms with Crippen molar-refractivity contribution in [2.75, 3.05) is 11.3 Å². The number of benzene rings is 2. The van der Waals surface area contributed by atoms with Gasteiger partial charge in [0.05, 0.1) is 22.1 Å². The normalized spacial score (nSPS) is 14.4. The van der Waals surface area contributed by atoms with Crippen molar-refractivity contribution in [2.24, 2.45) is 0 Å². The van der Waals surface area contributed by atoms with Gasteiger partial charge in [0.1, 0.15) is 11.3 Å². The molecule has 0 aromatic heterocycles. The molecule has 29 heavy (non-hydrogen) atoms. The maximum Gasteiger partial charge on any atom is 0.339 e. The molecule has 0 amide bonds. The van der Waals surface area contributed by atoms with Crippen LogP contribution < -0.4 is 14.2 Å². The average molecular weight is 440 g/mol. The van der Waals surface area contributed by atoms with E-state index in [1.165, 1.54) is 36.4 Å². The van der Waals surface area contributed by atoms with Crippen LogP contribution in [0.2, 0.25) is 0 Å². The predicted molar refractivity (Wildman–Crippen MR) is 105 cm³/mol. The number of anilines is 1. The standard InChI is InChI=1S/C18H20N2O7S2/c1-2-27-17-9-8-15(11-16(17)18(21)22)29(25,26)20-13-4-3-5-14(10-13)28(23,24)19-12-6-7-12/h3-5,8-12,19-20H,2,6-7H2,1H3,(H,21,22). The average Bonchev–Trinajstić information content (AvgIpc) is 3.45. The zero-order valence-corrected chi connectivity index (χ0v) is 17.1. The number of rotatable bonds is 9. The van der Waals surface area contributed by atoms with Gasteiger partial charge < -0.3 is 9.84 Å². The molecule has 0 unspecified atom stereocenters. The summed E-state index contributed by atoms with van der Waals surface area (Å²) in [5, 5.41) is 9.31. The number of carboxylic acid groups (broad SMARTS) is 1. The highest BCUT2D eigenvalue weighted by molar-refractivity contribution is 7.92. The third-order valence-electron chi connectivity index (χ3n) is 4.09. The first-order valence-corrected chi connectivity index (χ1v) is 11.7. The van der Waals surface area contributed by atoms with E-state index in [2.05, 4.69) is 9.44 Å². The Morgan fingerprint density at radius 1 is 1.07 bits per heavy atom. The molecule has 1 fully saturated rings. The van der Waals surface area contributed by atoms with E-state index in [0.29, 0.717) is 0 Å². The van der Waals surface area contributed by atoms with E-state index in [4.69, 9.17) is 4.74 Å². The minimum absolute atomic E-state index is 0.0365. The molecule has 1 saturated carbocycles. The Labute approximate surface area is 168 Å². The first-order chi connectivity index (χ1) is 13.6. The fourth-order valence-corrected chi connectivity index (χ4v) is 4.98. The van der Waals surface area contributed by atoms with Crippen molar-refractivity contribution in [1.82, 2.24) is 4.72 Å². The summed E-state index contributed by atoms with van der Waals surface area (Å²) in [6, 6.07) is 8.78. The van der Waals surface area contributed by atoms with Crippen molar-refractivity contribution >= 4 is 31.7 Å². The highest BCUT2D eigenvalue weighted by atomic mass is 32.2. The molecule has 11 heteroatoms. The molecular weight excluding hydrogens is 420 g/mol. The molecule has 156 valence electrons. The molecule has 2 aromatic rings. The van der Waals surface area contributed by atoms with Gasteiger partial charge in [-0.25, -0.2) is 26.4 Å². The van der Waals surface area contributed by atoms with Gasteiger partial charge in [0.2, 0.25) is 10.0 Å². The summed E-state index contributed by atoms with van der Waals surface area (Å²) < 4.78 is 60.0. The van der Waals surface area contributed by atoms with Gasteiger partial charge in [-0.3, -0.25) is 4.72 Å². The van der Waals surface area contributed by atoms with Gasteiger partial charge in [-0.2, -0.15) is 0 Å². The van der Waals surface area contributed by atoms with Crippen LogP contribution in [0.1, 0.15) is 30.1 Å². The molecule has 0 bridgehead atoms. The van der Waals surface area contributed by atoms with Crippen molar-refractivity contribution in [3.63, 3.8) is 0 Å². The molecule has 2 aromatic carbocycles. The smallest absolute Gasteiger partial charge is 0.339 e. The van der Waals surface area contributed by atoms with Gasteiger partial charge in [0.25, 0.3) is 10.0 Å². The first kappa shape index (κ1) is 21.1. The number of hydrogen-bond acceptors (Lipinski definition) is 6. The lowest BCUT2D eigenvalue weighted by molar-refractivity contribution is 0.0692. The van der Waals surface area contributed by atoms with Gasteiger partial charge in [0, 0.05) is 6.04 Å². The molecule has 0 aliphatic heterocycles. The van der Waals surface area contributed by atoms with E-state index in [0.717, 1.165) is 18.9 Å². The van der Waals surface area contributed by atoms with E-state index < -0.39 is 26.0 Å². The van der Waals surface area contributed by atoms with Gasteiger partial charge in [0.15, 0.2) is 0 Å². The lowest BCUT2D eigenvalue weighted by Crippen LogP contribution is -2.25. The minimum Gasteiger partial charge on any atom is -0.493 e. The highest BCUT2D eigenvalue weighted by Gasteiger charge is 2.28. The maximum absolute atomic E-state index is 12.7.